The minimum atomic E-state index is -1.06. The Morgan fingerprint density at radius 1 is 1.53 bits per heavy atom. The molecule has 0 aliphatic carbocycles. The van der Waals surface area contributed by atoms with Crippen LogP contribution in [0.2, 0.25) is 0 Å². The summed E-state index contributed by atoms with van der Waals surface area (Å²) < 4.78 is 0.611. The maximum atomic E-state index is 12.1. The van der Waals surface area contributed by atoms with Crippen molar-refractivity contribution in [1.29, 1.82) is 0 Å². The molecular weight excluding hydrogens is 314 g/mol. The van der Waals surface area contributed by atoms with Crippen LogP contribution in [0.1, 0.15) is 13.3 Å². The number of nitrogens with zero attached hydrogens (tertiary/aromatic N) is 2. The SMILES string of the molecule is C[C@@H]1C[C@@H](C(=O)Nc2cccc(Br)n2)N(C(=O)O)C1. The zero-order valence-corrected chi connectivity index (χ0v) is 11.9. The number of carbonyl (C=O) groups is 2. The van der Waals surface area contributed by atoms with Crippen molar-refractivity contribution in [2.75, 3.05) is 11.9 Å². The van der Waals surface area contributed by atoms with E-state index >= 15 is 0 Å². The molecule has 2 atom stereocenters. The van der Waals surface area contributed by atoms with E-state index < -0.39 is 12.1 Å². The number of hydrogen-bond donors (Lipinski definition) is 2. The number of carbonyl (C=O) groups excluding carboxylic acids is 1. The number of pyridine rings is 1. The van der Waals surface area contributed by atoms with Crippen LogP contribution in [-0.4, -0.2) is 39.6 Å². The summed E-state index contributed by atoms with van der Waals surface area (Å²) in [6.07, 6.45) is -0.529. The molecule has 1 saturated heterocycles. The van der Waals surface area contributed by atoms with Crippen molar-refractivity contribution < 1.29 is 14.7 Å². The van der Waals surface area contributed by atoms with Gasteiger partial charge in [-0.2, -0.15) is 0 Å². The van der Waals surface area contributed by atoms with E-state index in [1.807, 2.05) is 6.92 Å². The molecule has 7 heteroatoms. The van der Waals surface area contributed by atoms with E-state index in [0.717, 1.165) is 0 Å². The molecule has 1 aliphatic rings. The number of hydrogen-bond acceptors (Lipinski definition) is 3. The Labute approximate surface area is 118 Å². The molecule has 2 heterocycles. The van der Waals surface area contributed by atoms with Gasteiger partial charge in [0.1, 0.15) is 16.5 Å². The Kier molecular flexibility index (Phi) is 4.04. The van der Waals surface area contributed by atoms with Crippen molar-refractivity contribution >= 4 is 33.7 Å². The van der Waals surface area contributed by atoms with Crippen LogP contribution in [0.15, 0.2) is 22.8 Å². The van der Waals surface area contributed by atoms with Gasteiger partial charge >= 0.3 is 6.09 Å². The molecule has 0 aromatic carbocycles. The summed E-state index contributed by atoms with van der Waals surface area (Å²) in [6, 6.07) is 4.51. The fourth-order valence-electron chi connectivity index (χ4n) is 2.19. The van der Waals surface area contributed by atoms with Gasteiger partial charge in [0, 0.05) is 6.54 Å². The highest BCUT2D eigenvalue weighted by molar-refractivity contribution is 9.10. The number of nitrogens with one attached hydrogen (secondary N) is 1. The first-order chi connectivity index (χ1) is 8.97. The van der Waals surface area contributed by atoms with Gasteiger partial charge in [-0.15, -0.1) is 0 Å². The van der Waals surface area contributed by atoms with Crippen LogP contribution in [0.4, 0.5) is 10.6 Å². The second kappa shape index (κ2) is 5.56. The zero-order chi connectivity index (χ0) is 14.0. The van der Waals surface area contributed by atoms with Crippen molar-refractivity contribution in [2.24, 2.45) is 5.92 Å². The Balaban J connectivity index is 2.09. The second-order valence-corrected chi connectivity index (χ2v) is 5.44. The fourth-order valence-corrected chi connectivity index (χ4v) is 2.54. The summed E-state index contributed by atoms with van der Waals surface area (Å²) in [5.74, 6) is 0.254. The van der Waals surface area contributed by atoms with Crippen molar-refractivity contribution in [3.05, 3.63) is 22.8 Å². The van der Waals surface area contributed by atoms with Crippen LogP contribution >= 0.6 is 15.9 Å². The van der Waals surface area contributed by atoms with Gasteiger partial charge in [-0.25, -0.2) is 9.78 Å². The highest BCUT2D eigenvalue weighted by Crippen LogP contribution is 2.24. The molecule has 0 spiro atoms. The molecule has 1 aromatic heterocycles. The zero-order valence-electron chi connectivity index (χ0n) is 10.3. The first-order valence-electron chi connectivity index (χ1n) is 5.90. The molecule has 2 rings (SSSR count). The molecule has 0 unspecified atom stereocenters. The first-order valence-corrected chi connectivity index (χ1v) is 6.69. The summed E-state index contributed by atoms with van der Waals surface area (Å²) in [6.45, 7) is 2.32. The predicted molar refractivity (Wildman–Crippen MR) is 72.9 cm³/mol. The molecular formula is C12H14BrN3O3. The molecule has 0 bridgehead atoms. The van der Waals surface area contributed by atoms with Gasteiger partial charge in [0.2, 0.25) is 5.91 Å². The standard InChI is InChI=1S/C12H14BrN3O3/c1-7-5-8(16(6-7)12(18)19)11(17)15-10-4-2-3-9(13)14-10/h2-4,7-8H,5-6H2,1H3,(H,18,19)(H,14,15,17)/t7-,8+/m1/s1. The monoisotopic (exact) mass is 327 g/mol. The molecule has 2 amide bonds. The van der Waals surface area contributed by atoms with E-state index in [2.05, 4.69) is 26.2 Å². The van der Waals surface area contributed by atoms with Gasteiger partial charge in [-0.3, -0.25) is 9.69 Å². The lowest BCUT2D eigenvalue weighted by Crippen LogP contribution is -2.42. The number of rotatable bonds is 2. The third kappa shape index (κ3) is 3.23. The lowest BCUT2D eigenvalue weighted by atomic mass is 10.1. The molecule has 0 saturated carbocycles. The van der Waals surface area contributed by atoms with Gasteiger partial charge in [0.15, 0.2) is 0 Å². The van der Waals surface area contributed by atoms with Crippen LogP contribution in [0.3, 0.4) is 0 Å². The summed E-state index contributed by atoms with van der Waals surface area (Å²) in [5.41, 5.74) is 0. The van der Waals surface area contributed by atoms with Crippen molar-refractivity contribution in [3.8, 4) is 0 Å². The molecule has 2 N–H and O–H groups in total. The third-order valence-electron chi connectivity index (χ3n) is 3.02. The van der Waals surface area contributed by atoms with Crippen LogP contribution < -0.4 is 5.32 Å². The summed E-state index contributed by atoms with van der Waals surface area (Å²) in [4.78, 5) is 28.5. The maximum Gasteiger partial charge on any atom is 0.407 e. The number of carboxylic acid groups (broad SMARTS) is 1. The van der Waals surface area contributed by atoms with Crippen LogP contribution in [0, 0.1) is 5.92 Å². The Bertz CT molecular complexity index is 509. The normalized spacial score (nSPS) is 22.3. The van der Waals surface area contributed by atoms with E-state index in [-0.39, 0.29) is 11.8 Å². The number of halogens is 1. The van der Waals surface area contributed by atoms with Crippen molar-refractivity contribution in [1.82, 2.24) is 9.88 Å². The average Bonchev–Trinajstić information content (AvgIpc) is 2.71. The van der Waals surface area contributed by atoms with Gasteiger partial charge in [-0.05, 0) is 40.4 Å². The van der Waals surface area contributed by atoms with Crippen LogP contribution in [-0.2, 0) is 4.79 Å². The van der Waals surface area contributed by atoms with Crippen LogP contribution in [0.25, 0.3) is 0 Å². The van der Waals surface area contributed by atoms with E-state index in [0.29, 0.717) is 23.4 Å². The van der Waals surface area contributed by atoms with E-state index in [9.17, 15) is 9.59 Å². The Morgan fingerprint density at radius 3 is 2.89 bits per heavy atom. The predicted octanol–water partition coefficient (Wildman–Crippen LogP) is 2.17. The smallest absolute Gasteiger partial charge is 0.407 e. The summed E-state index contributed by atoms with van der Waals surface area (Å²) in [5, 5.41) is 11.7. The minimum Gasteiger partial charge on any atom is -0.465 e. The van der Waals surface area contributed by atoms with Crippen molar-refractivity contribution in [3.63, 3.8) is 0 Å². The molecule has 102 valence electrons. The highest BCUT2D eigenvalue weighted by Gasteiger charge is 2.37. The topological polar surface area (TPSA) is 82.5 Å². The van der Waals surface area contributed by atoms with Gasteiger partial charge in [0.05, 0.1) is 0 Å². The van der Waals surface area contributed by atoms with Crippen molar-refractivity contribution in [2.45, 2.75) is 19.4 Å². The molecule has 19 heavy (non-hydrogen) atoms. The maximum absolute atomic E-state index is 12.1. The second-order valence-electron chi connectivity index (χ2n) is 4.63. The van der Waals surface area contributed by atoms with Gasteiger partial charge in [0.25, 0.3) is 0 Å². The first kappa shape index (κ1) is 13.8. The van der Waals surface area contributed by atoms with E-state index in [4.69, 9.17) is 5.11 Å². The van der Waals surface area contributed by atoms with Crippen LogP contribution in [0.5, 0.6) is 0 Å². The third-order valence-corrected chi connectivity index (χ3v) is 3.47. The molecule has 1 fully saturated rings. The Morgan fingerprint density at radius 2 is 2.26 bits per heavy atom. The molecule has 1 aromatic rings. The summed E-state index contributed by atoms with van der Waals surface area (Å²) in [7, 11) is 0. The largest absolute Gasteiger partial charge is 0.465 e. The van der Waals surface area contributed by atoms with Gasteiger partial charge in [-0.1, -0.05) is 13.0 Å². The Hall–Kier alpha value is -1.63. The fraction of sp³-hybridized carbons (Fsp3) is 0.417. The number of anilines is 1. The highest BCUT2D eigenvalue weighted by atomic mass is 79.9. The van der Waals surface area contributed by atoms with Gasteiger partial charge < -0.3 is 10.4 Å². The van der Waals surface area contributed by atoms with E-state index in [1.54, 1.807) is 18.2 Å². The lowest BCUT2D eigenvalue weighted by molar-refractivity contribution is -0.119. The summed E-state index contributed by atoms with van der Waals surface area (Å²) >= 11 is 3.21. The molecule has 1 aliphatic heterocycles. The average molecular weight is 328 g/mol. The number of amides is 2. The lowest BCUT2D eigenvalue weighted by Gasteiger charge is -2.20. The quantitative estimate of drug-likeness (QED) is 0.815. The number of aromatic nitrogens is 1. The molecule has 0 radical (unpaired) electrons. The van der Waals surface area contributed by atoms with E-state index in [1.165, 1.54) is 4.90 Å². The minimum absolute atomic E-state index is 0.183. The molecule has 6 nitrogen and oxygen atoms in total. The number of likely N-dealkylation sites (tertiary alicyclic amines) is 1.